The average molecular weight is 167 g/mol. The Balaban J connectivity index is 0.000000640. The fraction of sp³-hybridized carbons (Fsp3) is 1.00. The van der Waals surface area contributed by atoms with Crippen LogP contribution in [-0.4, -0.2) is 41.2 Å². The molecule has 1 saturated heterocycles. The highest BCUT2D eigenvalue weighted by Gasteiger charge is 2.17. The smallest absolute Gasteiger partial charge is 0.0753 e. The van der Waals surface area contributed by atoms with Gasteiger partial charge in [-0.15, -0.1) is 12.4 Å². The molecule has 1 aliphatic heterocycles. The maximum atomic E-state index is 2.34. The molecule has 0 aromatic carbocycles. The highest BCUT2D eigenvalue weighted by Crippen LogP contribution is 2.07. The highest BCUT2D eigenvalue weighted by molar-refractivity contribution is 6.35. The van der Waals surface area contributed by atoms with Gasteiger partial charge < -0.3 is 4.48 Å². The topological polar surface area (TPSA) is 0 Å². The van der Waals surface area contributed by atoms with Crippen molar-refractivity contribution in [2.24, 2.45) is 0 Å². The molecule has 0 radical (unpaired) electrons. The Morgan fingerprint density at radius 2 is 1.56 bits per heavy atom. The maximum Gasteiger partial charge on any atom is 0.0753 e. The van der Waals surface area contributed by atoms with E-state index in [0.717, 1.165) is 0 Å². The van der Waals surface area contributed by atoms with Crippen molar-refractivity contribution in [3.8, 4) is 0 Å². The zero-order valence-electron chi connectivity index (χ0n) is 6.39. The summed E-state index contributed by atoms with van der Waals surface area (Å²) in [6.45, 7) is 2.90. The van der Waals surface area contributed by atoms with E-state index in [1.54, 1.807) is 12.1 Å². The number of hydrogen-bond acceptors (Lipinski definition) is 0. The molecule has 0 amide bonds. The second-order valence-corrected chi connectivity index (χ2v) is 5.56. The molecule has 9 heavy (non-hydrogen) atoms. The average Bonchev–Trinajstić information content (AvgIpc) is 1.65. The zero-order valence-corrected chi connectivity index (χ0v) is 8.62. The summed E-state index contributed by atoms with van der Waals surface area (Å²) in [7, 11) is 5.11. The molecule has 0 aromatic heterocycles. The Hall–Kier alpha value is 0.467. The van der Waals surface area contributed by atoms with E-state index in [9.17, 15) is 0 Å². The van der Waals surface area contributed by atoms with Gasteiger partial charge in [-0.1, -0.05) is 0 Å². The summed E-state index contributed by atoms with van der Waals surface area (Å²) in [4.78, 5) is 0. The SMILES string of the molecule is C[N+]1(C)CC[SiH2]CC1.Cl. The van der Waals surface area contributed by atoms with Crippen molar-refractivity contribution in [1.82, 2.24) is 0 Å². The van der Waals surface area contributed by atoms with Gasteiger partial charge in [-0.05, 0) is 12.1 Å². The van der Waals surface area contributed by atoms with E-state index in [-0.39, 0.29) is 12.4 Å². The summed E-state index contributed by atoms with van der Waals surface area (Å²) in [5.41, 5.74) is 0. The lowest BCUT2D eigenvalue weighted by Gasteiger charge is -2.33. The largest absolute Gasteiger partial charge is 0.329 e. The second kappa shape index (κ2) is 3.59. The second-order valence-electron chi connectivity index (χ2n) is 3.44. The fourth-order valence-corrected chi connectivity index (χ4v) is 3.88. The van der Waals surface area contributed by atoms with Crippen LogP contribution in [0.15, 0.2) is 0 Å². The van der Waals surface area contributed by atoms with Gasteiger partial charge in [0.15, 0.2) is 0 Å². The Morgan fingerprint density at radius 3 is 1.78 bits per heavy atom. The van der Waals surface area contributed by atoms with Crippen LogP contribution in [0.2, 0.25) is 12.1 Å². The van der Waals surface area contributed by atoms with Crippen molar-refractivity contribution in [2.75, 3.05) is 27.2 Å². The molecule has 0 saturated carbocycles. The number of hydrogen-bond donors (Lipinski definition) is 0. The summed E-state index contributed by atoms with van der Waals surface area (Å²) in [6.07, 6.45) is 0. The van der Waals surface area contributed by atoms with Gasteiger partial charge in [-0.2, -0.15) is 0 Å². The molecule has 0 aromatic rings. The third-order valence-corrected chi connectivity index (χ3v) is 3.66. The van der Waals surface area contributed by atoms with E-state index in [2.05, 4.69) is 14.1 Å². The summed E-state index contributed by atoms with van der Waals surface area (Å²) in [5, 5.41) is 0. The third kappa shape index (κ3) is 3.23. The molecule has 0 spiro atoms. The molecule has 0 unspecified atom stereocenters. The van der Waals surface area contributed by atoms with Gasteiger partial charge in [-0.3, -0.25) is 0 Å². The first-order valence-electron chi connectivity index (χ1n) is 3.53. The lowest BCUT2D eigenvalue weighted by Crippen LogP contribution is -2.44. The molecule has 0 bridgehead atoms. The van der Waals surface area contributed by atoms with Crippen molar-refractivity contribution in [3.05, 3.63) is 0 Å². The van der Waals surface area contributed by atoms with Crippen molar-refractivity contribution in [2.45, 2.75) is 12.1 Å². The van der Waals surface area contributed by atoms with E-state index in [0.29, 0.717) is 9.52 Å². The molecular weight excluding hydrogens is 150 g/mol. The Labute approximate surface area is 66.3 Å². The molecule has 1 aliphatic rings. The van der Waals surface area contributed by atoms with Gasteiger partial charge in [0.05, 0.1) is 27.2 Å². The molecule has 56 valence electrons. The van der Waals surface area contributed by atoms with Gasteiger partial charge in [0.2, 0.25) is 0 Å². The van der Waals surface area contributed by atoms with Crippen LogP contribution in [-0.2, 0) is 0 Å². The van der Waals surface area contributed by atoms with Gasteiger partial charge in [0.25, 0.3) is 0 Å². The predicted molar refractivity (Wildman–Crippen MR) is 47.2 cm³/mol. The zero-order chi connectivity index (χ0) is 6.04. The minimum atomic E-state index is 0. The van der Waals surface area contributed by atoms with E-state index >= 15 is 0 Å². The first-order valence-corrected chi connectivity index (χ1v) is 5.53. The first kappa shape index (κ1) is 9.47. The summed E-state index contributed by atoms with van der Waals surface area (Å²) < 4.78 is 1.28. The quantitative estimate of drug-likeness (QED) is 0.364. The predicted octanol–water partition coefficient (Wildman–Crippen LogP) is 0.504. The summed E-state index contributed by atoms with van der Waals surface area (Å²) in [6, 6.07) is 3.15. The molecule has 1 heterocycles. The van der Waals surface area contributed by atoms with Crippen LogP contribution in [0.3, 0.4) is 0 Å². The lowest BCUT2D eigenvalue weighted by atomic mass is 10.4. The fourth-order valence-electron chi connectivity index (χ4n) is 1.37. The first-order chi connectivity index (χ1) is 3.71. The standard InChI is InChI=1S/C6H16NSi.ClH/c1-7(2)3-5-8-6-4-7;/h3-6,8H2,1-2H3;1H/q+1;. The third-order valence-electron chi connectivity index (χ3n) is 2.03. The van der Waals surface area contributed by atoms with E-state index in [1.165, 1.54) is 17.6 Å². The highest BCUT2D eigenvalue weighted by atomic mass is 35.5. The van der Waals surface area contributed by atoms with Gasteiger partial charge >= 0.3 is 0 Å². The Bertz CT molecular complexity index is 77.1. The molecule has 1 rings (SSSR count). The lowest BCUT2D eigenvalue weighted by molar-refractivity contribution is -0.888. The van der Waals surface area contributed by atoms with Crippen LogP contribution in [0, 0.1) is 0 Å². The van der Waals surface area contributed by atoms with Gasteiger partial charge in [0.1, 0.15) is 0 Å². The minimum Gasteiger partial charge on any atom is -0.329 e. The molecule has 0 aliphatic carbocycles. The summed E-state index contributed by atoms with van der Waals surface area (Å²) >= 11 is 0. The van der Waals surface area contributed by atoms with Crippen LogP contribution in [0.1, 0.15) is 0 Å². The van der Waals surface area contributed by atoms with E-state index in [1.807, 2.05) is 0 Å². The normalized spacial score (nSPS) is 24.7. The number of halogens is 1. The van der Waals surface area contributed by atoms with Crippen molar-refractivity contribution < 1.29 is 4.48 Å². The number of quaternary nitrogens is 1. The van der Waals surface area contributed by atoms with E-state index in [4.69, 9.17) is 0 Å². The number of rotatable bonds is 0. The van der Waals surface area contributed by atoms with Gasteiger partial charge in [-0.25, -0.2) is 0 Å². The monoisotopic (exact) mass is 166 g/mol. The molecule has 3 heteroatoms. The van der Waals surface area contributed by atoms with Crippen LogP contribution >= 0.6 is 12.4 Å². The summed E-state index contributed by atoms with van der Waals surface area (Å²) in [5.74, 6) is 0. The van der Waals surface area contributed by atoms with Crippen molar-refractivity contribution in [3.63, 3.8) is 0 Å². The molecule has 1 nitrogen and oxygen atoms in total. The van der Waals surface area contributed by atoms with Crippen molar-refractivity contribution >= 4 is 21.9 Å². The molecular formula is C6H17ClNSi+. The molecule has 1 fully saturated rings. The Kier molecular flexibility index (Phi) is 3.78. The Morgan fingerprint density at radius 1 is 1.11 bits per heavy atom. The minimum absolute atomic E-state index is 0. The van der Waals surface area contributed by atoms with Crippen molar-refractivity contribution in [1.29, 1.82) is 0 Å². The number of nitrogens with zero attached hydrogens (tertiary/aromatic N) is 1. The van der Waals surface area contributed by atoms with Crippen LogP contribution in [0.4, 0.5) is 0 Å². The van der Waals surface area contributed by atoms with Crippen LogP contribution in [0.5, 0.6) is 0 Å². The van der Waals surface area contributed by atoms with Crippen LogP contribution < -0.4 is 0 Å². The van der Waals surface area contributed by atoms with Crippen LogP contribution in [0.25, 0.3) is 0 Å². The maximum absolute atomic E-state index is 2.34. The molecule has 0 N–H and O–H groups in total. The molecule has 0 atom stereocenters. The van der Waals surface area contributed by atoms with E-state index < -0.39 is 0 Å². The van der Waals surface area contributed by atoms with Gasteiger partial charge in [0, 0.05) is 9.52 Å².